The van der Waals surface area contributed by atoms with E-state index in [9.17, 15) is 9.50 Å². The highest BCUT2D eigenvalue weighted by molar-refractivity contribution is 5.47. The number of aliphatic hydroxyl groups excluding tert-OH is 1. The zero-order chi connectivity index (χ0) is 12.3. The van der Waals surface area contributed by atoms with Gasteiger partial charge >= 0.3 is 0 Å². The number of anilines is 1. The van der Waals surface area contributed by atoms with Gasteiger partial charge in [0.1, 0.15) is 5.82 Å². The van der Waals surface area contributed by atoms with Gasteiger partial charge in [0, 0.05) is 24.8 Å². The molecule has 0 spiro atoms. The molecule has 0 bridgehead atoms. The molecule has 0 radical (unpaired) electrons. The van der Waals surface area contributed by atoms with E-state index in [4.69, 9.17) is 0 Å². The van der Waals surface area contributed by atoms with E-state index in [0.29, 0.717) is 6.04 Å². The summed E-state index contributed by atoms with van der Waals surface area (Å²) in [6.45, 7) is 3.89. The average molecular weight is 238 g/mol. The second-order valence-corrected chi connectivity index (χ2v) is 4.60. The first-order chi connectivity index (χ1) is 8.20. The molecule has 1 heterocycles. The zero-order valence-corrected chi connectivity index (χ0v) is 10.1. The predicted octanol–water partition coefficient (Wildman–Crippen LogP) is 1.37. The number of benzene rings is 1. The molecule has 1 aliphatic heterocycles. The van der Waals surface area contributed by atoms with E-state index in [1.54, 1.807) is 12.1 Å². The van der Waals surface area contributed by atoms with E-state index in [1.807, 2.05) is 0 Å². The highest BCUT2D eigenvalue weighted by Gasteiger charge is 2.22. The topological polar surface area (TPSA) is 35.5 Å². The van der Waals surface area contributed by atoms with Crippen molar-refractivity contribution in [2.45, 2.75) is 25.4 Å². The molecule has 0 saturated carbocycles. The lowest BCUT2D eigenvalue weighted by Gasteiger charge is -2.30. The summed E-state index contributed by atoms with van der Waals surface area (Å²) in [6.07, 6.45) is 1.02. The van der Waals surface area contributed by atoms with Crippen molar-refractivity contribution in [3.05, 3.63) is 30.1 Å². The summed E-state index contributed by atoms with van der Waals surface area (Å²) in [4.78, 5) is 2.15. The molecule has 2 N–H and O–H groups in total. The Bertz CT molecular complexity index is 355. The molecule has 1 aromatic rings. The monoisotopic (exact) mass is 238 g/mol. The summed E-state index contributed by atoms with van der Waals surface area (Å²) >= 11 is 0. The number of hydrogen-bond acceptors (Lipinski definition) is 3. The molecule has 1 aromatic carbocycles. The van der Waals surface area contributed by atoms with Crippen molar-refractivity contribution in [2.24, 2.45) is 0 Å². The number of nitrogens with zero attached hydrogens (tertiary/aromatic N) is 1. The maximum absolute atomic E-state index is 12.9. The van der Waals surface area contributed by atoms with Crippen molar-refractivity contribution in [3.8, 4) is 0 Å². The van der Waals surface area contributed by atoms with Crippen LogP contribution in [0.5, 0.6) is 0 Å². The van der Waals surface area contributed by atoms with Crippen LogP contribution in [-0.2, 0) is 0 Å². The van der Waals surface area contributed by atoms with Crippen molar-refractivity contribution in [1.82, 2.24) is 5.32 Å². The molecule has 94 valence electrons. The molecular formula is C13H19FN2O. The van der Waals surface area contributed by atoms with Gasteiger partial charge in [0.2, 0.25) is 0 Å². The second kappa shape index (κ2) is 5.47. The Morgan fingerprint density at radius 3 is 2.76 bits per heavy atom. The lowest BCUT2D eigenvalue weighted by molar-refractivity contribution is 0.259. The summed E-state index contributed by atoms with van der Waals surface area (Å²) in [5, 5.41) is 12.8. The predicted molar refractivity (Wildman–Crippen MR) is 66.7 cm³/mol. The van der Waals surface area contributed by atoms with Gasteiger partial charge in [0.05, 0.1) is 12.6 Å². The van der Waals surface area contributed by atoms with Crippen LogP contribution in [0.15, 0.2) is 24.3 Å². The molecule has 1 fully saturated rings. The maximum atomic E-state index is 12.9. The average Bonchev–Trinajstić information content (AvgIpc) is 2.52. The molecule has 2 atom stereocenters. The molecule has 2 unspecified atom stereocenters. The Kier molecular flexibility index (Phi) is 3.97. The van der Waals surface area contributed by atoms with Crippen molar-refractivity contribution in [1.29, 1.82) is 0 Å². The Hall–Kier alpha value is -1.13. The fraction of sp³-hybridized carbons (Fsp3) is 0.538. The van der Waals surface area contributed by atoms with Crippen LogP contribution in [0, 0.1) is 5.82 Å². The number of nitrogens with one attached hydrogen (secondary N) is 1. The smallest absolute Gasteiger partial charge is 0.123 e. The van der Waals surface area contributed by atoms with Gasteiger partial charge in [-0.2, -0.15) is 0 Å². The van der Waals surface area contributed by atoms with Crippen LogP contribution in [0.3, 0.4) is 0 Å². The quantitative estimate of drug-likeness (QED) is 0.817. The Balaban J connectivity index is 2.18. The first-order valence-corrected chi connectivity index (χ1v) is 6.07. The minimum absolute atomic E-state index is 0.0606. The van der Waals surface area contributed by atoms with Crippen LogP contribution in [0.2, 0.25) is 0 Å². The molecule has 3 nitrogen and oxygen atoms in total. The van der Waals surface area contributed by atoms with Crippen molar-refractivity contribution >= 4 is 5.69 Å². The van der Waals surface area contributed by atoms with E-state index in [2.05, 4.69) is 17.1 Å². The van der Waals surface area contributed by atoms with Crippen LogP contribution < -0.4 is 10.2 Å². The molecular weight excluding hydrogens is 219 g/mol. The summed E-state index contributed by atoms with van der Waals surface area (Å²) in [7, 11) is 0. The molecule has 0 amide bonds. The molecule has 4 heteroatoms. The van der Waals surface area contributed by atoms with Crippen LogP contribution in [0.25, 0.3) is 0 Å². The fourth-order valence-corrected chi connectivity index (χ4v) is 2.20. The second-order valence-electron chi connectivity index (χ2n) is 4.60. The van der Waals surface area contributed by atoms with Gasteiger partial charge in [-0.1, -0.05) is 0 Å². The molecule has 1 aliphatic rings. The van der Waals surface area contributed by atoms with Gasteiger partial charge in [-0.25, -0.2) is 4.39 Å². The Morgan fingerprint density at radius 2 is 2.12 bits per heavy atom. The highest BCUT2D eigenvalue weighted by Crippen LogP contribution is 2.20. The normalized spacial score (nSPS) is 25.7. The minimum atomic E-state index is -0.226. The van der Waals surface area contributed by atoms with Crippen LogP contribution in [-0.4, -0.2) is 36.9 Å². The number of aliphatic hydroxyl groups is 1. The summed E-state index contributed by atoms with van der Waals surface area (Å²) in [5.41, 5.74) is 0.973. The van der Waals surface area contributed by atoms with Gasteiger partial charge in [-0.3, -0.25) is 0 Å². The van der Waals surface area contributed by atoms with Crippen molar-refractivity contribution in [2.75, 3.05) is 24.6 Å². The van der Waals surface area contributed by atoms with Gasteiger partial charge in [0.15, 0.2) is 0 Å². The lowest BCUT2D eigenvalue weighted by atomic mass is 10.2. The molecule has 17 heavy (non-hydrogen) atoms. The van der Waals surface area contributed by atoms with Crippen LogP contribution in [0.1, 0.15) is 13.3 Å². The summed E-state index contributed by atoms with van der Waals surface area (Å²) in [5.74, 6) is -0.226. The van der Waals surface area contributed by atoms with Gasteiger partial charge in [-0.15, -0.1) is 0 Å². The fourth-order valence-electron chi connectivity index (χ4n) is 2.20. The van der Waals surface area contributed by atoms with E-state index in [-0.39, 0.29) is 18.5 Å². The third kappa shape index (κ3) is 2.96. The first-order valence-electron chi connectivity index (χ1n) is 6.07. The summed E-state index contributed by atoms with van der Waals surface area (Å²) < 4.78 is 12.9. The first kappa shape index (κ1) is 12.3. The molecule has 0 aliphatic carbocycles. The lowest BCUT2D eigenvalue weighted by Crippen LogP contribution is -2.42. The zero-order valence-electron chi connectivity index (χ0n) is 10.1. The largest absolute Gasteiger partial charge is 0.394 e. The molecule has 0 aromatic heterocycles. The maximum Gasteiger partial charge on any atom is 0.123 e. The standard InChI is InChI=1S/C13H19FN2O/c1-10-6-7-16(13(9-17)8-15-10)12-4-2-11(14)3-5-12/h2-5,10,13,15,17H,6-9H2,1H3. The highest BCUT2D eigenvalue weighted by atomic mass is 19.1. The minimum Gasteiger partial charge on any atom is -0.394 e. The van der Waals surface area contributed by atoms with Gasteiger partial charge in [-0.05, 0) is 37.6 Å². The number of hydrogen-bond donors (Lipinski definition) is 2. The van der Waals surface area contributed by atoms with E-state index < -0.39 is 0 Å². The van der Waals surface area contributed by atoms with Crippen molar-refractivity contribution < 1.29 is 9.50 Å². The Labute approximate surface area is 101 Å². The number of halogens is 1. The Morgan fingerprint density at radius 1 is 1.41 bits per heavy atom. The third-order valence-electron chi connectivity index (χ3n) is 3.31. The van der Waals surface area contributed by atoms with Crippen LogP contribution >= 0.6 is 0 Å². The van der Waals surface area contributed by atoms with Gasteiger partial charge in [0.25, 0.3) is 0 Å². The van der Waals surface area contributed by atoms with Gasteiger partial charge < -0.3 is 15.3 Å². The van der Waals surface area contributed by atoms with E-state index in [1.165, 1.54) is 12.1 Å². The summed E-state index contributed by atoms with van der Waals surface area (Å²) in [6, 6.07) is 6.99. The van der Waals surface area contributed by atoms with E-state index in [0.717, 1.165) is 25.2 Å². The third-order valence-corrected chi connectivity index (χ3v) is 3.31. The number of rotatable bonds is 2. The molecule has 2 rings (SSSR count). The van der Waals surface area contributed by atoms with Crippen molar-refractivity contribution in [3.63, 3.8) is 0 Å². The molecule has 1 saturated heterocycles. The SMILES string of the molecule is CC1CCN(c2ccc(F)cc2)C(CO)CN1. The van der Waals surface area contributed by atoms with E-state index >= 15 is 0 Å². The van der Waals surface area contributed by atoms with Crippen LogP contribution in [0.4, 0.5) is 10.1 Å².